The van der Waals surface area contributed by atoms with Crippen LogP contribution in [0, 0.1) is 0 Å². The van der Waals surface area contributed by atoms with Crippen LogP contribution in [-0.4, -0.2) is 32.2 Å². The molecule has 0 spiro atoms. The molecule has 0 aliphatic carbocycles. The summed E-state index contributed by atoms with van der Waals surface area (Å²) in [6.07, 6.45) is 1.53. The molecule has 0 unspecified atom stereocenters. The third-order valence-electron chi connectivity index (χ3n) is 4.32. The van der Waals surface area contributed by atoms with Crippen LogP contribution in [0.15, 0.2) is 60.8 Å². The van der Waals surface area contributed by atoms with Crippen molar-refractivity contribution in [1.29, 1.82) is 0 Å². The maximum Gasteiger partial charge on any atom is 0.257 e. The lowest BCUT2D eigenvalue weighted by Gasteiger charge is -2.11. The normalized spacial score (nSPS) is 10.2. The smallest absolute Gasteiger partial charge is 0.257 e. The van der Waals surface area contributed by atoms with Gasteiger partial charge >= 0.3 is 0 Å². The van der Waals surface area contributed by atoms with Crippen LogP contribution in [0.2, 0.25) is 0 Å². The first-order valence-electron chi connectivity index (χ1n) is 8.99. The molecule has 0 aliphatic rings. The van der Waals surface area contributed by atoms with Gasteiger partial charge in [-0.3, -0.25) is 4.79 Å². The number of carbonyl (C=O) groups is 1. The van der Waals surface area contributed by atoms with Gasteiger partial charge in [-0.05, 0) is 30.3 Å². The molecule has 0 fully saturated rings. The molecule has 2 aromatic carbocycles. The summed E-state index contributed by atoms with van der Waals surface area (Å²) in [6.45, 7) is 0.564. The highest BCUT2D eigenvalue weighted by Gasteiger charge is 2.10. The number of para-hydroxylation sites is 1. The van der Waals surface area contributed by atoms with Gasteiger partial charge in [0, 0.05) is 30.1 Å². The molecular formula is C22H23N3O4. The minimum Gasteiger partial charge on any atom is -0.496 e. The number of methoxy groups -OCH3 is 3. The number of aromatic nitrogens is 1. The van der Waals surface area contributed by atoms with Gasteiger partial charge in [-0.15, -0.1) is 0 Å². The first kappa shape index (κ1) is 20.0. The summed E-state index contributed by atoms with van der Waals surface area (Å²) in [4.78, 5) is 16.8. The second-order valence-electron chi connectivity index (χ2n) is 6.12. The minimum absolute atomic E-state index is 0.263. The van der Waals surface area contributed by atoms with E-state index in [4.69, 9.17) is 14.2 Å². The van der Waals surface area contributed by atoms with Crippen LogP contribution in [0.3, 0.4) is 0 Å². The molecule has 0 saturated carbocycles. The molecule has 0 saturated heterocycles. The molecule has 2 N–H and O–H groups in total. The van der Waals surface area contributed by atoms with Gasteiger partial charge in [0.2, 0.25) is 0 Å². The van der Waals surface area contributed by atoms with E-state index in [0.717, 1.165) is 11.3 Å². The first-order chi connectivity index (χ1) is 14.1. The van der Waals surface area contributed by atoms with Gasteiger partial charge in [0.1, 0.15) is 11.6 Å². The molecule has 0 aliphatic heterocycles. The van der Waals surface area contributed by atoms with E-state index in [2.05, 4.69) is 15.6 Å². The first-order valence-corrected chi connectivity index (χ1v) is 8.99. The lowest BCUT2D eigenvalue weighted by atomic mass is 10.2. The van der Waals surface area contributed by atoms with Gasteiger partial charge in [-0.1, -0.05) is 18.2 Å². The van der Waals surface area contributed by atoms with E-state index in [1.54, 1.807) is 51.7 Å². The van der Waals surface area contributed by atoms with Crippen LogP contribution in [0.25, 0.3) is 0 Å². The zero-order valence-electron chi connectivity index (χ0n) is 16.6. The third kappa shape index (κ3) is 4.95. The summed E-state index contributed by atoms with van der Waals surface area (Å²) in [5.74, 6) is 2.35. The Balaban J connectivity index is 1.63. The van der Waals surface area contributed by atoms with Gasteiger partial charge in [0.05, 0.1) is 26.9 Å². The number of nitrogens with one attached hydrogen (secondary N) is 2. The maximum atomic E-state index is 12.5. The van der Waals surface area contributed by atoms with Crippen LogP contribution in [0.5, 0.6) is 17.2 Å². The molecule has 1 amide bonds. The van der Waals surface area contributed by atoms with Crippen LogP contribution >= 0.6 is 0 Å². The average Bonchev–Trinajstić information content (AvgIpc) is 2.78. The van der Waals surface area contributed by atoms with Gasteiger partial charge < -0.3 is 24.8 Å². The van der Waals surface area contributed by atoms with Crippen LogP contribution in [0.4, 0.5) is 11.5 Å². The number of anilines is 2. The topological polar surface area (TPSA) is 81.7 Å². The monoisotopic (exact) mass is 393 g/mol. The Morgan fingerprint density at radius 2 is 1.66 bits per heavy atom. The van der Waals surface area contributed by atoms with Crippen molar-refractivity contribution in [3.63, 3.8) is 0 Å². The number of carbonyl (C=O) groups excluding carboxylic acids is 1. The number of ether oxygens (including phenoxy) is 3. The van der Waals surface area contributed by atoms with E-state index in [9.17, 15) is 4.79 Å². The Morgan fingerprint density at radius 1 is 0.897 bits per heavy atom. The molecule has 0 bridgehead atoms. The largest absolute Gasteiger partial charge is 0.496 e. The summed E-state index contributed by atoms with van der Waals surface area (Å²) in [6, 6.07) is 16.4. The second kappa shape index (κ2) is 9.45. The van der Waals surface area contributed by atoms with Crippen molar-refractivity contribution in [2.45, 2.75) is 6.54 Å². The van der Waals surface area contributed by atoms with E-state index >= 15 is 0 Å². The zero-order valence-corrected chi connectivity index (χ0v) is 16.6. The average molecular weight is 393 g/mol. The van der Waals surface area contributed by atoms with Gasteiger partial charge in [-0.2, -0.15) is 0 Å². The molecule has 7 nitrogen and oxygen atoms in total. The molecule has 0 atom stereocenters. The number of pyridine rings is 1. The second-order valence-corrected chi connectivity index (χ2v) is 6.12. The van der Waals surface area contributed by atoms with Crippen LogP contribution < -0.4 is 24.8 Å². The SMILES string of the molecule is COc1ccccc1CNc1ccc(C(=O)Nc2ccc(OC)c(OC)c2)cn1. The van der Waals surface area contributed by atoms with Crippen molar-refractivity contribution >= 4 is 17.4 Å². The van der Waals surface area contributed by atoms with Crippen molar-refractivity contribution in [3.8, 4) is 17.2 Å². The summed E-state index contributed by atoms with van der Waals surface area (Å²) in [7, 11) is 4.75. The minimum atomic E-state index is -0.263. The highest BCUT2D eigenvalue weighted by molar-refractivity contribution is 6.04. The number of amides is 1. The predicted octanol–water partition coefficient (Wildman–Crippen LogP) is 3.97. The van der Waals surface area contributed by atoms with Crippen LogP contribution in [0.1, 0.15) is 15.9 Å². The standard InChI is InChI=1S/C22H23N3O4/c1-27-18-7-5-4-6-15(18)13-23-21-11-8-16(14-24-21)22(26)25-17-9-10-19(28-2)20(12-17)29-3/h4-12,14H,13H2,1-3H3,(H,23,24)(H,25,26). The molecule has 0 radical (unpaired) electrons. The number of benzene rings is 2. The molecule has 3 rings (SSSR count). The Hall–Kier alpha value is -3.74. The zero-order chi connectivity index (χ0) is 20.6. The predicted molar refractivity (Wildman–Crippen MR) is 112 cm³/mol. The summed E-state index contributed by atoms with van der Waals surface area (Å²) >= 11 is 0. The van der Waals surface area contributed by atoms with Crippen LogP contribution in [-0.2, 0) is 6.54 Å². The Morgan fingerprint density at radius 3 is 2.34 bits per heavy atom. The number of hydrogen-bond acceptors (Lipinski definition) is 6. The van der Waals surface area contributed by atoms with E-state index < -0.39 is 0 Å². The fourth-order valence-electron chi connectivity index (χ4n) is 2.78. The van der Waals surface area contributed by atoms with Crippen molar-refractivity contribution in [2.75, 3.05) is 32.0 Å². The Bertz CT molecular complexity index is 974. The highest BCUT2D eigenvalue weighted by Crippen LogP contribution is 2.30. The number of rotatable bonds is 8. The van der Waals surface area contributed by atoms with E-state index in [-0.39, 0.29) is 5.91 Å². The van der Waals surface area contributed by atoms with Crippen molar-refractivity contribution in [2.24, 2.45) is 0 Å². The Labute approximate surface area is 169 Å². The molecule has 3 aromatic rings. The highest BCUT2D eigenvalue weighted by atomic mass is 16.5. The van der Waals surface area contributed by atoms with Gasteiger partial charge in [0.15, 0.2) is 11.5 Å². The van der Waals surface area contributed by atoms with Crippen molar-refractivity contribution in [1.82, 2.24) is 4.98 Å². The number of hydrogen-bond donors (Lipinski definition) is 2. The molecule has 1 aromatic heterocycles. The van der Waals surface area contributed by atoms with Crippen molar-refractivity contribution in [3.05, 3.63) is 71.9 Å². The lowest BCUT2D eigenvalue weighted by molar-refractivity contribution is 0.102. The molecular weight excluding hydrogens is 370 g/mol. The fourth-order valence-corrected chi connectivity index (χ4v) is 2.78. The Kier molecular flexibility index (Phi) is 6.52. The maximum absolute atomic E-state index is 12.5. The van der Waals surface area contributed by atoms with E-state index in [0.29, 0.717) is 35.1 Å². The van der Waals surface area contributed by atoms with E-state index in [1.807, 2.05) is 24.3 Å². The summed E-state index contributed by atoms with van der Waals surface area (Å²) in [5, 5.41) is 6.05. The molecule has 1 heterocycles. The number of nitrogens with zero attached hydrogens (tertiary/aromatic N) is 1. The third-order valence-corrected chi connectivity index (χ3v) is 4.32. The van der Waals surface area contributed by atoms with Gasteiger partial charge in [0.25, 0.3) is 5.91 Å². The van der Waals surface area contributed by atoms with E-state index in [1.165, 1.54) is 6.20 Å². The molecule has 7 heteroatoms. The summed E-state index contributed by atoms with van der Waals surface area (Å²) < 4.78 is 15.8. The molecule has 29 heavy (non-hydrogen) atoms. The van der Waals surface area contributed by atoms with Crippen molar-refractivity contribution < 1.29 is 19.0 Å². The molecule has 150 valence electrons. The van der Waals surface area contributed by atoms with Gasteiger partial charge in [-0.25, -0.2) is 4.98 Å². The fraction of sp³-hybridized carbons (Fsp3) is 0.182. The lowest BCUT2D eigenvalue weighted by Crippen LogP contribution is -2.12. The quantitative estimate of drug-likeness (QED) is 0.603. The summed E-state index contributed by atoms with van der Waals surface area (Å²) in [5.41, 5.74) is 2.07.